The number of ether oxygens (including phenoxy) is 1. The van der Waals surface area contributed by atoms with Gasteiger partial charge in [-0.2, -0.15) is 0 Å². The summed E-state index contributed by atoms with van der Waals surface area (Å²) in [6.45, 7) is 0. The zero-order valence-corrected chi connectivity index (χ0v) is 11.3. The Morgan fingerprint density at radius 2 is 2.21 bits per heavy atom. The molecule has 0 spiro atoms. The Bertz CT molecular complexity index is 606. The zero-order chi connectivity index (χ0) is 13.5. The number of methoxy groups -OCH3 is 1. The van der Waals surface area contributed by atoms with Crippen LogP contribution in [-0.4, -0.2) is 21.8 Å². The van der Waals surface area contributed by atoms with Crippen LogP contribution >= 0.6 is 0 Å². The van der Waals surface area contributed by atoms with Gasteiger partial charge < -0.3 is 14.4 Å². The molecule has 0 bridgehead atoms. The monoisotopic (exact) mass is 258 g/mol. The fraction of sp³-hybridized carbons (Fsp3) is 0.400. The number of benzene rings is 1. The lowest BCUT2D eigenvalue weighted by Crippen LogP contribution is -2.35. The van der Waals surface area contributed by atoms with Crippen molar-refractivity contribution in [3.8, 4) is 5.75 Å². The molecule has 1 aliphatic carbocycles. The molecule has 0 aliphatic heterocycles. The molecule has 0 fully saturated rings. The number of aryl methyl sites for hydroxylation is 2. The second kappa shape index (κ2) is 4.38. The molecule has 1 aromatic heterocycles. The summed E-state index contributed by atoms with van der Waals surface area (Å²) in [6.07, 6.45) is 5.76. The molecule has 1 aliphatic rings. The SMILES string of the molecule is COc1ccc2c(c1)CC(O)(c1nccn1C)CC2. The number of nitrogens with zero attached hydrogens (tertiary/aromatic N) is 2. The van der Waals surface area contributed by atoms with E-state index in [2.05, 4.69) is 11.1 Å². The molecular formula is C15H18N2O2. The highest BCUT2D eigenvalue weighted by Gasteiger charge is 2.37. The number of rotatable bonds is 2. The van der Waals surface area contributed by atoms with Gasteiger partial charge in [0.15, 0.2) is 0 Å². The van der Waals surface area contributed by atoms with E-state index < -0.39 is 5.60 Å². The van der Waals surface area contributed by atoms with Gasteiger partial charge in [-0.3, -0.25) is 0 Å². The Morgan fingerprint density at radius 1 is 1.37 bits per heavy atom. The first-order valence-electron chi connectivity index (χ1n) is 6.48. The summed E-state index contributed by atoms with van der Waals surface area (Å²) in [5, 5.41) is 10.9. The van der Waals surface area contributed by atoms with E-state index in [0.29, 0.717) is 12.8 Å². The van der Waals surface area contributed by atoms with E-state index in [9.17, 15) is 5.11 Å². The summed E-state index contributed by atoms with van der Waals surface area (Å²) in [5.74, 6) is 1.57. The molecule has 4 nitrogen and oxygen atoms in total. The van der Waals surface area contributed by atoms with Crippen molar-refractivity contribution < 1.29 is 9.84 Å². The van der Waals surface area contributed by atoms with Crippen molar-refractivity contribution in [2.45, 2.75) is 24.9 Å². The largest absolute Gasteiger partial charge is 0.497 e. The van der Waals surface area contributed by atoms with Gasteiger partial charge in [0.25, 0.3) is 0 Å². The molecule has 1 unspecified atom stereocenters. The predicted octanol–water partition coefficient (Wildman–Crippen LogP) is 1.81. The topological polar surface area (TPSA) is 47.3 Å². The van der Waals surface area contributed by atoms with Crippen LogP contribution in [0.2, 0.25) is 0 Å². The van der Waals surface area contributed by atoms with Gasteiger partial charge in [-0.1, -0.05) is 6.07 Å². The van der Waals surface area contributed by atoms with Crippen LogP contribution in [-0.2, 0) is 25.5 Å². The smallest absolute Gasteiger partial charge is 0.140 e. The van der Waals surface area contributed by atoms with Gasteiger partial charge in [0.2, 0.25) is 0 Å². The predicted molar refractivity (Wildman–Crippen MR) is 72.1 cm³/mol. The summed E-state index contributed by atoms with van der Waals surface area (Å²) in [5.41, 5.74) is 1.56. The first-order chi connectivity index (χ1) is 9.12. The van der Waals surface area contributed by atoms with Crippen molar-refractivity contribution in [3.63, 3.8) is 0 Å². The summed E-state index contributed by atoms with van der Waals surface area (Å²) in [7, 11) is 3.58. The zero-order valence-electron chi connectivity index (χ0n) is 11.3. The van der Waals surface area contributed by atoms with E-state index in [-0.39, 0.29) is 0 Å². The molecule has 1 N–H and O–H groups in total. The Balaban J connectivity index is 1.99. The molecule has 0 radical (unpaired) electrons. The van der Waals surface area contributed by atoms with Crippen molar-refractivity contribution in [2.24, 2.45) is 7.05 Å². The number of aliphatic hydroxyl groups is 1. The third kappa shape index (κ3) is 2.02. The van der Waals surface area contributed by atoms with Gasteiger partial charge in [0.05, 0.1) is 7.11 Å². The van der Waals surface area contributed by atoms with Crippen LogP contribution in [0.4, 0.5) is 0 Å². The summed E-state index contributed by atoms with van der Waals surface area (Å²) >= 11 is 0. The molecule has 2 aromatic rings. The van der Waals surface area contributed by atoms with Crippen LogP contribution in [0.25, 0.3) is 0 Å². The third-order valence-electron chi connectivity index (χ3n) is 3.94. The van der Waals surface area contributed by atoms with Gasteiger partial charge in [0.1, 0.15) is 17.2 Å². The molecular weight excluding hydrogens is 240 g/mol. The molecule has 0 saturated carbocycles. The lowest BCUT2D eigenvalue weighted by atomic mass is 9.80. The highest BCUT2D eigenvalue weighted by molar-refractivity contribution is 5.39. The number of hydrogen-bond acceptors (Lipinski definition) is 3. The first-order valence-corrected chi connectivity index (χ1v) is 6.48. The molecule has 100 valence electrons. The van der Waals surface area contributed by atoms with Gasteiger partial charge in [-0.15, -0.1) is 0 Å². The molecule has 0 amide bonds. The van der Waals surface area contributed by atoms with Crippen LogP contribution < -0.4 is 4.74 Å². The molecule has 1 aromatic carbocycles. The van der Waals surface area contributed by atoms with E-state index in [4.69, 9.17) is 4.74 Å². The number of hydrogen-bond donors (Lipinski definition) is 1. The highest BCUT2D eigenvalue weighted by Crippen LogP contribution is 2.36. The van der Waals surface area contributed by atoms with Crippen LogP contribution in [0.1, 0.15) is 23.4 Å². The molecule has 4 heteroatoms. The molecule has 19 heavy (non-hydrogen) atoms. The molecule has 1 heterocycles. The average molecular weight is 258 g/mol. The van der Waals surface area contributed by atoms with Crippen molar-refractivity contribution in [3.05, 3.63) is 47.5 Å². The minimum atomic E-state index is -0.877. The summed E-state index contributed by atoms with van der Waals surface area (Å²) in [6, 6.07) is 6.08. The van der Waals surface area contributed by atoms with E-state index in [0.717, 1.165) is 23.6 Å². The van der Waals surface area contributed by atoms with Gasteiger partial charge in [-0.25, -0.2) is 4.98 Å². The highest BCUT2D eigenvalue weighted by atomic mass is 16.5. The standard InChI is InChI=1S/C15H18N2O2/c1-17-8-7-16-14(17)15(18)6-5-11-3-4-13(19-2)9-12(11)10-15/h3-4,7-9,18H,5-6,10H2,1-2H3. The summed E-state index contributed by atoms with van der Waals surface area (Å²) < 4.78 is 7.15. The Morgan fingerprint density at radius 3 is 2.89 bits per heavy atom. The van der Waals surface area contributed by atoms with E-state index in [1.54, 1.807) is 13.3 Å². The Kier molecular flexibility index (Phi) is 2.82. The lowest BCUT2D eigenvalue weighted by molar-refractivity contribution is 0.0108. The Labute approximate surface area is 112 Å². The Hall–Kier alpha value is -1.81. The quantitative estimate of drug-likeness (QED) is 0.893. The molecule has 1 atom stereocenters. The second-order valence-corrected chi connectivity index (χ2v) is 5.20. The van der Waals surface area contributed by atoms with E-state index >= 15 is 0 Å². The number of imidazole rings is 1. The van der Waals surface area contributed by atoms with Crippen molar-refractivity contribution >= 4 is 0 Å². The maximum atomic E-state index is 10.9. The lowest BCUT2D eigenvalue weighted by Gasteiger charge is -2.33. The van der Waals surface area contributed by atoms with Crippen molar-refractivity contribution in [1.29, 1.82) is 0 Å². The number of aromatic nitrogens is 2. The van der Waals surface area contributed by atoms with Crippen LogP contribution in [0.5, 0.6) is 5.75 Å². The van der Waals surface area contributed by atoms with Crippen molar-refractivity contribution in [2.75, 3.05) is 7.11 Å². The molecule has 3 rings (SSSR count). The van der Waals surface area contributed by atoms with Gasteiger partial charge >= 0.3 is 0 Å². The van der Waals surface area contributed by atoms with Crippen molar-refractivity contribution in [1.82, 2.24) is 9.55 Å². The minimum absolute atomic E-state index is 0.588. The molecule has 0 saturated heterocycles. The average Bonchev–Trinajstić information content (AvgIpc) is 2.85. The van der Waals surface area contributed by atoms with E-state index in [1.807, 2.05) is 29.9 Å². The maximum absolute atomic E-state index is 10.9. The van der Waals surface area contributed by atoms with Gasteiger partial charge in [0, 0.05) is 25.9 Å². The third-order valence-corrected chi connectivity index (χ3v) is 3.94. The second-order valence-electron chi connectivity index (χ2n) is 5.20. The maximum Gasteiger partial charge on any atom is 0.140 e. The fourth-order valence-corrected chi connectivity index (χ4v) is 2.89. The van der Waals surface area contributed by atoms with Gasteiger partial charge in [-0.05, 0) is 36.1 Å². The van der Waals surface area contributed by atoms with Crippen LogP contribution in [0.3, 0.4) is 0 Å². The van der Waals surface area contributed by atoms with Crippen LogP contribution in [0, 0.1) is 0 Å². The minimum Gasteiger partial charge on any atom is -0.497 e. The summed E-state index contributed by atoms with van der Waals surface area (Å²) in [4.78, 5) is 4.31. The fourth-order valence-electron chi connectivity index (χ4n) is 2.89. The van der Waals surface area contributed by atoms with E-state index in [1.165, 1.54) is 5.56 Å². The normalized spacial score (nSPS) is 22.1. The number of fused-ring (bicyclic) bond motifs is 1. The van der Waals surface area contributed by atoms with Crippen LogP contribution in [0.15, 0.2) is 30.6 Å². The first kappa shape index (κ1) is 12.2.